The molecule has 0 saturated carbocycles. The summed E-state index contributed by atoms with van der Waals surface area (Å²) >= 11 is 1.20. The molecule has 0 atom stereocenters. The van der Waals surface area contributed by atoms with Crippen molar-refractivity contribution in [2.75, 3.05) is 13.1 Å². The lowest BCUT2D eigenvalue weighted by atomic mass is 10.3. The molecule has 1 aromatic rings. The van der Waals surface area contributed by atoms with Crippen molar-refractivity contribution >= 4 is 27.1 Å². The van der Waals surface area contributed by atoms with Crippen molar-refractivity contribution in [2.45, 2.75) is 10.6 Å². The lowest BCUT2D eigenvalue weighted by Gasteiger charge is -1.95. The van der Waals surface area contributed by atoms with Crippen LogP contribution in [-0.4, -0.2) is 27.2 Å². The Bertz CT molecular complexity index is 426. The Hall–Kier alpha value is -0.720. The van der Waals surface area contributed by atoms with Crippen molar-refractivity contribution in [1.82, 2.24) is 5.32 Å². The lowest BCUT2D eigenvalue weighted by molar-refractivity contribution is 0.600. The third kappa shape index (κ3) is 2.02. The van der Waals surface area contributed by atoms with E-state index in [1.165, 1.54) is 11.3 Å². The van der Waals surface area contributed by atoms with Crippen LogP contribution in [0.5, 0.6) is 0 Å². The van der Waals surface area contributed by atoms with Crippen molar-refractivity contribution in [3.8, 4) is 0 Å². The summed E-state index contributed by atoms with van der Waals surface area (Å²) in [5.41, 5.74) is 0.721. The maximum Gasteiger partial charge on any atom is 0.291 e. The molecule has 1 N–H and O–H groups in total. The first-order valence-corrected chi connectivity index (χ1v) is 6.57. The molecule has 0 aromatic carbocycles. The van der Waals surface area contributed by atoms with Gasteiger partial charge in [-0.05, 0) is 11.4 Å². The summed E-state index contributed by atoms with van der Waals surface area (Å²) in [6, 6.07) is 3.29. The molecular weight excluding hydrogens is 220 g/mol. The van der Waals surface area contributed by atoms with Gasteiger partial charge in [-0.25, -0.2) is 0 Å². The molecule has 0 unspecified atom stereocenters. The number of nitrogens with one attached hydrogen (secondary N) is 1. The summed E-state index contributed by atoms with van der Waals surface area (Å²) < 4.78 is 27.4. The quantitative estimate of drug-likeness (QED) is 0.820. The third-order valence-electron chi connectivity index (χ3n) is 1.92. The molecule has 4 nitrogen and oxygen atoms in total. The highest BCUT2D eigenvalue weighted by atomic mass is 32.2. The summed E-state index contributed by atoms with van der Waals surface area (Å²) in [5.74, 6) is 0. The first-order valence-electron chi connectivity index (χ1n) is 4.25. The average Bonchev–Trinajstić information content (AvgIpc) is 2.71. The van der Waals surface area contributed by atoms with E-state index >= 15 is 0 Å². The molecule has 0 amide bonds. The Morgan fingerprint density at radius 3 is 2.93 bits per heavy atom. The van der Waals surface area contributed by atoms with E-state index in [4.69, 9.17) is 0 Å². The van der Waals surface area contributed by atoms with Crippen LogP contribution in [0.3, 0.4) is 0 Å². The molecule has 14 heavy (non-hydrogen) atoms. The van der Waals surface area contributed by atoms with Crippen LogP contribution in [0.2, 0.25) is 0 Å². The molecule has 0 spiro atoms. The molecule has 1 aliphatic heterocycles. The predicted molar refractivity (Wildman–Crippen MR) is 56.4 cm³/mol. The van der Waals surface area contributed by atoms with E-state index in [2.05, 4.69) is 9.71 Å². The van der Waals surface area contributed by atoms with Crippen LogP contribution in [0.15, 0.2) is 26.1 Å². The molecule has 0 bridgehead atoms. The van der Waals surface area contributed by atoms with Crippen molar-refractivity contribution < 1.29 is 8.42 Å². The summed E-state index contributed by atoms with van der Waals surface area (Å²) in [6.07, 6.45) is 0.727. The molecule has 2 rings (SSSR count). The van der Waals surface area contributed by atoms with Crippen LogP contribution >= 0.6 is 11.3 Å². The number of rotatable bonds is 2. The molecule has 1 aromatic heterocycles. The maximum atomic E-state index is 11.6. The number of thiophene rings is 1. The Labute approximate surface area is 86.7 Å². The van der Waals surface area contributed by atoms with Gasteiger partial charge in [-0.15, -0.1) is 11.3 Å². The molecule has 0 radical (unpaired) electrons. The second kappa shape index (κ2) is 3.80. The van der Waals surface area contributed by atoms with Gasteiger partial charge < -0.3 is 5.32 Å². The summed E-state index contributed by atoms with van der Waals surface area (Å²) in [4.78, 5) is 0. The van der Waals surface area contributed by atoms with E-state index in [9.17, 15) is 8.42 Å². The fraction of sp³-hybridized carbons (Fsp3) is 0.375. The highest BCUT2D eigenvalue weighted by molar-refractivity contribution is 7.92. The van der Waals surface area contributed by atoms with E-state index in [-0.39, 0.29) is 0 Å². The van der Waals surface area contributed by atoms with E-state index < -0.39 is 10.0 Å². The molecule has 76 valence electrons. The zero-order valence-corrected chi connectivity index (χ0v) is 9.07. The Morgan fingerprint density at radius 2 is 2.36 bits per heavy atom. The van der Waals surface area contributed by atoms with Gasteiger partial charge in [0.1, 0.15) is 4.21 Å². The van der Waals surface area contributed by atoms with Gasteiger partial charge in [-0.3, -0.25) is 0 Å². The van der Waals surface area contributed by atoms with Crippen molar-refractivity contribution in [3.63, 3.8) is 0 Å². The minimum Gasteiger partial charge on any atom is -0.311 e. The minimum atomic E-state index is -3.43. The second-order valence-electron chi connectivity index (χ2n) is 2.99. The van der Waals surface area contributed by atoms with Crippen LogP contribution in [0, 0.1) is 0 Å². The van der Waals surface area contributed by atoms with E-state index in [0.717, 1.165) is 18.7 Å². The van der Waals surface area contributed by atoms with E-state index in [1.54, 1.807) is 17.5 Å². The highest BCUT2D eigenvalue weighted by Gasteiger charge is 2.16. The van der Waals surface area contributed by atoms with Crippen molar-refractivity contribution in [1.29, 1.82) is 0 Å². The Morgan fingerprint density at radius 1 is 1.50 bits per heavy atom. The van der Waals surface area contributed by atoms with Gasteiger partial charge in [0.25, 0.3) is 10.0 Å². The Kier molecular flexibility index (Phi) is 2.66. The zero-order valence-electron chi connectivity index (χ0n) is 7.43. The Balaban J connectivity index is 2.30. The van der Waals surface area contributed by atoms with Crippen LogP contribution in [0.4, 0.5) is 0 Å². The predicted octanol–water partition coefficient (Wildman–Crippen LogP) is 0.871. The normalized spacial score (nSPS) is 20.4. The first-order chi connectivity index (χ1) is 6.68. The van der Waals surface area contributed by atoms with Gasteiger partial charge in [0.2, 0.25) is 0 Å². The summed E-state index contributed by atoms with van der Waals surface area (Å²) in [7, 11) is -3.43. The molecule has 6 heteroatoms. The van der Waals surface area contributed by atoms with Gasteiger partial charge in [0.15, 0.2) is 0 Å². The number of hydrogen-bond donors (Lipinski definition) is 1. The van der Waals surface area contributed by atoms with Crippen molar-refractivity contribution in [2.24, 2.45) is 4.40 Å². The number of nitrogens with zero attached hydrogens (tertiary/aromatic N) is 1. The van der Waals surface area contributed by atoms with Crippen molar-refractivity contribution in [3.05, 3.63) is 17.5 Å². The van der Waals surface area contributed by atoms with Gasteiger partial charge in [0, 0.05) is 25.2 Å². The lowest BCUT2D eigenvalue weighted by Crippen LogP contribution is -2.09. The monoisotopic (exact) mass is 230 g/mol. The average molecular weight is 230 g/mol. The molecular formula is C8H10N2O2S2. The number of sulfonamides is 1. The molecule has 1 aliphatic rings. The highest BCUT2D eigenvalue weighted by Crippen LogP contribution is 2.18. The van der Waals surface area contributed by atoms with Gasteiger partial charge >= 0.3 is 0 Å². The number of hydrogen-bond acceptors (Lipinski definition) is 4. The van der Waals surface area contributed by atoms with Crippen LogP contribution in [0.25, 0.3) is 0 Å². The largest absolute Gasteiger partial charge is 0.311 e. The van der Waals surface area contributed by atoms with Crippen LogP contribution in [0.1, 0.15) is 6.42 Å². The van der Waals surface area contributed by atoms with Crippen LogP contribution in [-0.2, 0) is 10.0 Å². The zero-order chi connectivity index (χ0) is 10.0. The molecule has 2 heterocycles. The topological polar surface area (TPSA) is 58.5 Å². The smallest absolute Gasteiger partial charge is 0.291 e. The fourth-order valence-corrected chi connectivity index (χ4v) is 3.31. The standard InChI is InChI=1S/C8H10N2O2S2/c11-14(12,8-2-1-5-13-8)10-7-3-4-9-6-7/h1-2,5,9H,3-4,6H2. The first kappa shape index (κ1) is 9.82. The van der Waals surface area contributed by atoms with Gasteiger partial charge in [-0.1, -0.05) is 6.07 Å². The molecule has 1 fully saturated rings. The maximum absolute atomic E-state index is 11.6. The molecule has 1 saturated heterocycles. The molecule has 0 aliphatic carbocycles. The van der Waals surface area contributed by atoms with E-state index in [1.807, 2.05) is 0 Å². The SMILES string of the molecule is O=S(=O)(N=C1CCNC1)c1cccs1. The fourth-order valence-electron chi connectivity index (χ4n) is 1.26. The van der Waals surface area contributed by atoms with Crippen LogP contribution < -0.4 is 5.32 Å². The van der Waals surface area contributed by atoms with Gasteiger partial charge in [0.05, 0.1) is 0 Å². The summed E-state index contributed by atoms with van der Waals surface area (Å²) in [6.45, 7) is 1.41. The second-order valence-corrected chi connectivity index (χ2v) is 5.77. The minimum absolute atomic E-state index is 0.317. The van der Waals surface area contributed by atoms with Gasteiger partial charge in [-0.2, -0.15) is 12.8 Å². The van der Waals surface area contributed by atoms with E-state index in [0.29, 0.717) is 10.8 Å². The summed E-state index contributed by atoms with van der Waals surface area (Å²) in [5, 5.41) is 4.78. The third-order valence-corrected chi connectivity index (χ3v) is 4.64.